The maximum atomic E-state index is 13.9. The number of anilines is 1. The highest BCUT2D eigenvalue weighted by Gasteiger charge is 2.28. The van der Waals surface area contributed by atoms with E-state index in [-0.39, 0.29) is 47.7 Å². The Balaban J connectivity index is 0.00000363. The van der Waals surface area contributed by atoms with Crippen LogP contribution in [0.5, 0.6) is 5.75 Å². The first kappa shape index (κ1) is 25.9. The van der Waals surface area contributed by atoms with Crippen LogP contribution in [0, 0.1) is 11.7 Å². The highest BCUT2D eigenvalue weighted by molar-refractivity contribution is 14.0. The molecule has 1 fully saturated rings. The van der Waals surface area contributed by atoms with Gasteiger partial charge in [0.05, 0.1) is 6.10 Å². The van der Waals surface area contributed by atoms with E-state index in [0.717, 1.165) is 24.3 Å². The Morgan fingerprint density at radius 2 is 1.78 bits per heavy atom. The SMILES string of the molecule is CC(C)Oc1ccc(NC(=NCCc2ccccc2F)NCCNC(=O)C2CC2)cc1.I. The van der Waals surface area contributed by atoms with Crippen LogP contribution in [0.25, 0.3) is 0 Å². The van der Waals surface area contributed by atoms with Crippen molar-refractivity contribution in [2.45, 2.75) is 39.2 Å². The molecular formula is C24H32FIN4O2. The Kier molecular flexibility index (Phi) is 10.7. The summed E-state index contributed by atoms with van der Waals surface area (Å²) in [4.78, 5) is 16.4. The van der Waals surface area contributed by atoms with Gasteiger partial charge in [0.25, 0.3) is 0 Å². The number of hydrogen-bond donors (Lipinski definition) is 3. The van der Waals surface area contributed by atoms with E-state index in [1.807, 2.05) is 44.2 Å². The first-order chi connectivity index (χ1) is 15.0. The summed E-state index contributed by atoms with van der Waals surface area (Å²) in [6.07, 6.45) is 2.58. The first-order valence-corrected chi connectivity index (χ1v) is 10.8. The van der Waals surface area contributed by atoms with Crippen LogP contribution in [0.2, 0.25) is 0 Å². The van der Waals surface area contributed by atoms with Crippen LogP contribution in [0.15, 0.2) is 53.5 Å². The molecule has 0 unspecified atom stereocenters. The number of amides is 1. The molecule has 3 rings (SSSR count). The Bertz CT molecular complexity index is 886. The van der Waals surface area contributed by atoms with E-state index in [9.17, 15) is 9.18 Å². The number of aliphatic imine (C=N–C) groups is 1. The molecule has 8 heteroatoms. The van der Waals surface area contributed by atoms with Crippen molar-refractivity contribution in [3.05, 3.63) is 59.9 Å². The van der Waals surface area contributed by atoms with Crippen LogP contribution < -0.4 is 20.7 Å². The third kappa shape index (κ3) is 9.02. The van der Waals surface area contributed by atoms with Gasteiger partial charge in [-0.25, -0.2) is 4.39 Å². The van der Waals surface area contributed by atoms with Crippen LogP contribution in [-0.2, 0) is 11.2 Å². The fourth-order valence-corrected chi connectivity index (χ4v) is 3.01. The minimum absolute atomic E-state index is 0. The minimum Gasteiger partial charge on any atom is -0.491 e. The normalized spacial score (nSPS) is 13.3. The van der Waals surface area contributed by atoms with Crippen molar-refractivity contribution >= 4 is 41.5 Å². The topological polar surface area (TPSA) is 74.8 Å². The Morgan fingerprint density at radius 1 is 1.09 bits per heavy atom. The van der Waals surface area contributed by atoms with Crippen LogP contribution in [0.3, 0.4) is 0 Å². The molecule has 174 valence electrons. The van der Waals surface area contributed by atoms with Crippen molar-refractivity contribution in [2.24, 2.45) is 10.9 Å². The lowest BCUT2D eigenvalue weighted by atomic mass is 10.1. The van der Waals surface area contributed by atoms with Crippen molar-refractivity contribution in [1.29, 1.82) is 0 Å². The molecule has 2 aromatic carbocycles. The number of ether oxygens (including phenoxy) is 1. The number of nitrogens with one attached hydrogen (secondary N) is 3. The van der Waals surface area contributed by atoms with Gasteiger partial charge in [-0.2, -0.15) is 0 Å². The largest absolute Gasteiger partial charge is 0.491 e. The van der Waals surface area contributed by atoms with E-state index in [2.05, 4.69) is 20.9 Å². The molecule has 1 aliphatic carbocycles. The Hall–Kier alpha value is -2.36. The summed E-state index contributed by atoms with van der Waals surface area (Å²) in [6.45, 7) is 5.46. The van der Waals surface area contributed by atoms with E-state index >= 15 is 0 Å². The fraction of sp³-hybridized carbons (Fsp3) is 0.417. The minimum atomic E-state index is -0.219. The average Bonchev–Trinajstić information content (AvgIpc) is 3.59. The van der Waals surface area contributed by atoms with Gasteiger partial charge in [-0.1, -0.05) is 18.2 Å². The highest BCUT2D eigenvalue weighted by atomic mass is 127. The number of rotatable bonds is 10. The number of benzene rings is 2. The van der Waals surface area contributed by atoms with Gasteiger partial charge >= 0.3 is 0 Å². The lowest BCUT2D eigenvalue weighted by Crippen LogP contribution is -2.38. The number of guanidine groups is 1. The predicted octanol–water partition coefficient (Wildman–Crippen LogP) is 4.36. The zero-order valence-electron chi connectivity index (χ0n) is 18.6. The maximum Gasteiger partial charge on any atom is 0.223 e. The van der Waals surface area contributed by atoms with Crippen LogP contribution in [0.1, 0.15) is 32.3 Å². The average molecular weight is 554 g/mol. The lowest BCUT2D eigenvalue weighted by Gasteiger charge is -2.14. The second-order valence-corrected chi connectivity index (χ2v) is 7.88. The molecule has 6 nitrogen and oxygen atoms in total. The molecule has 0 atom stereocenters. The summed E-state index contributed by atoms with van der Waals surface area (Å²) in [6, 6.07) is 14.4. The van der Waals surface area contributed by atoms with Gasteiger partial charge in [0.1, 0.15) is 11.6 Å². The molecule has 1 aliphatic rings. The Labute approximate surface area is 206 Å². The summed E-state index contributed by atoms with van der Waals surface area (Å²) < 4.78 is 19.5. The summed E-state index contributed by atoms with van der Waals surface area (Å²) in [5.74, 6) is 1.47. The van der Waals surface area contributed by atoms with Crippen molar-refractivity contribution in [2.75, 3.05) is 25.0 Å². The second kappa shape index (κ2) is 13.2. The van der Waals surface area contributed by atoms with Crippen molar-refractivity contribution in [3.8, 4) is 5.75 Å². The monoisotopic (exact) mass is 554 g/mol. The molecule has 1 saturated carbocycles. The van der Waals surface area contributed by atoms with Gasteiger partial charge in [0.2, 0.25) is 5.91 Å². The van der Waals surface area contributed by atoms with Gasteiger partial charge in [-0.15, -0.1) is 24.0 Å². The second-order valence-electron chi connectivity index (χ2n) is 7.88. The molecule has 0 saturated heterocycles. The molecule has 0 radical (unpaired) electrons. The zero-order valence-corrected chi connectivity index (χ0v) is 20.9. The molecule has 2 aromatic rings. The molecule has 3 N–H and O–H groups in total. The predicted molar refractivity (Wildman–Crippen MR) is 137 cm³/mol. The van der Waals surface area contributed by atoms with Gasteiger partial charge in [0, 0.05) is 31.2 Å². The summed E-state index contributed by atoms with van der Waals surface area (Å²) in [5, 5.41) is 9.42. The van der Waals surface area contributed by atoms with E-state index < -0.39 is 0 Å². The van der Waals surface area contributed by atoms with Crippen molar-refractivity contribution < 1.29 is 13.9 Å². The summed E-state index contributed by atoms with van der Waals surface area (Å²) in [7, 11) is 0. The van der Waals surface area contributed by atoms with Gasteiger partial charge in [-0.05, 0) is 69.0 Å². The van der Waals surface area contributed by atoms with Gasteiger partial charge in [-0.3, -0.25) is 9.79 Å². The maximum absolute atomic E-state index is 13.9. The number of hydrogen-bond acceptors (Lipinski definition) is 3. The molecule has 0 heterocycles. The lowest BCUT2D eigenvalue weighted by molar-refractivity contribution is -0.122. The number of halogens is 2. The van der Waals surface area contributed by atoms with Gasteiger partial charge < -0.3 is 20.7 Å². The molecular weight excluding hydrogens is 522 g/mol. The van der Waals surface area contributed by atoms with Crippen LogP contribution in [-0.4, -0.2) is 37.6 Å². The quantitative estimate of drug-likeness (QED) is 0.177. The van der Waals surface area contributed by atoms with Crippen LogP contribution in [0.4, 0.5) is 10.1 Å². The molecule has 0 bridgehead atoms. The third-order valence-electron chi connectivity index (χ3n) is 4.76. The zero-order chi connectivity index (χ0) is 22.1. The number of carbonyl (C=O) groups excluding carboxylic acids is 1. The summed E-state index contributed by atoms with van der Waals surface area (Å²) in [5.41, 5.74) is 1.49. The molecule has 1 amide bonds. The van der Waals surface area contributed by atoms with E-state index in [0.29, 0.717) is 37.6 Å². The van der Waals surface area contributed by atoms with E-state index in [1.54, 1.807) is 12.1 Å². The van der Waals surface area contributed by atoms with Gasteiger partial charge in [0.15, 0.2) is 5.96 Å². The Morgan fingerprint density at radius 3 is 2.44 bits per heavy atom. The van der Waals surface area contributed by atoms with Crippen LogP contribution >= 0.6 is 24.0 Å². The highest BCUT2D eigenvalue weighted by Crippen LogP contribution is 2.28. The third-order valence-corrected chi connectivity index (χ3v) is 4.76. The number of nitrogens with zero attached hydrogens (tertiary/aromatic N) is 1. The fourth-order valence-electron chi connectivity index (χ4n) is 3.01. The summed E-state index contributed by atoms with van der Waals surface area (Å²) >= 11 is 0. The van der Waals surface area contributed by atoms with E-state index in [1.165, 1.54) is 6.07 Å². The smallest absolute Gasteiger partial charge is 0.223 e. The van der Waals surface area contributed by atoms with Crippen molar-refractivity contribution in [3.63, 3.8) is 0 Å². The van der Waals surface area contributed by atoms with E-state index in [4.69, 9.17) is 4.74 Å². The number of carbonyl (C=O) groups is 1. The van der Waals surface area contributed by atoms with Crippen molar-refractivity contribution in [1.82, 2.24) is 10.6 Å². The first-order valence-electron chi connectivity index (χ1n) is 10.8. The standard InChI is InChI=1S/C24H31FN4O2.HI/c1-17(2)31-21-11-9-20(10-12-21)29-24(28-16-15-26-23(30)19-7-8-19)27-14-13-18-5-3-4-6-22(18)25;/h3-6,9-12,17,19H,7-8,13-16H2,1-2H3,(H,26,30)(H2,27,28,29);1H. The molecule has 0 aliphatic heterocycles. The molecule has 32 heavy (non-hydrogen) atoms. The molecule has 0 spiro atoms. The molecule has 0 aromatic heterocycles.